The van der Waals surface area contributed by atoms with Gasteiger partial charge in [-0.2, -0.15) is 0 Å². The first-order valence-electron chi connectivity index (χ1n) is 8.15. The SMILES string of the molecule is CCCCCCCCNC(C)c1ccc(N(C)C)cc1. The molecule has 0 heterocycles. The van der Waals surface area contributed by atoms with Crippen molar-refractivity contribution in [1.29, 1.82) is 0 Å². The molecular weight excluding hydrogens is 244 g/mol. The lowest BCUT2D eigenvalue weighted by molar-refractivity contribution is 0.527. The third-order valence-electron chi connectivity index (χ3n) is 3.89. The second kappa shape index (κ2) is 9.82. The first kappa shape index (κ1) is 17.0. The monoisotopic (exact) mass is 276 g/mol. The summed E-state index contributed by atoms with van der Waals surface area (Å²) in [5.74, 6) is 0. The molecule has 20 heavy (non-hydrogen) atoms. The number of nitrogens with one attached hydrogen (secondary N) is 1. The van der Waals surface area contributed by atoms with Gasteiger partial charge in [0.1, 0.15) is 0 Å². The van der Waals surface area contributed by atoms with Crippen molar-refractivity contribution >= 4 is 5.69 Å². The highest BCUT2D eigenvalue weighted by molar-refractivity contribution is 5.46. The van der Waals surface area contributed by atoms with Crippen LogP contribution in [0.2, 0.25) is 0 Å². The van der Waals surface area contributed by atoms with Gasteiger partial charge in [0, 0.05) is 25.8 Å². The van der Waals surface area contributed by atoms with Crippen LogP contribution in [0.5, 0.6) is 0 Å². The van der Waals surface area contributed by atoms with Gasteiger partial charge < -0.3 is 10.2 Å². The molecule has 0 radical (unpaired) electrons. The molecule has 0 spiro atoms. The lowest BCUT2D eigenvalue weighted by Crippen LogP contribution is -2.20. The Morgan fingerprint density at radius 1 is 0.950 bits per heavy atom. The Hall–Kier alpha value is -1.02. The molecule has 1 unspecified atom stereocenters. The van der Waals surface area contributed by atoms with E-state index in [1.165, 1.54) is 49.8 Å². The molecule has 0 bridgehead atoms. The molecule has 0 saturated carbocycles. The van der Waals surface area contributed by atoms with Crippen LogP contribution in [0.1, 0.15) is 64.0 Å². The standard InChI is InChI=1S/C18H32N2/c1-5-6-7-8-9-10-15-19-16(2)17-11-13-18(14-12-17)20(3)4/h11-14,16,19H,5-10,15H2,1-4H3. The topological polar surface area (TPSA) is 15.3 Å². The van der Waals surface area contributed by atoms with Gasteiger partial charge >= 0.3 is 0 Å². The summed E-state index contributed by atoms with van der Waals surface area (Å²) in [6.07, 6.45) is 8.17. The van der Waals surface area contributed by atoms with Crippen LogP contribution < -0.4 is 10.2 Å². The first-order chi connectivity index (χ1) is 9.65. The van der Waals surface area contributed by atoms with Crippen LogP contribution in [-0.4, -0.2) is 20.6 Å². The van der Waals surface area contributed by atoms with Crippen molar-refractivity contribution in [3.8, 4) is 0 Å². The van der Waals surface area contributed by atoms with E-state index in [-0.39, 0.29) is 0 Å². The van der Waals surface area contributed by atoms with E-state index < -0.39 is 0 Å². The van der Waals surface area contributed by atoms with Crippen molar-refractivity contribution in [3.63, 3.8) is 0 Å². The molecule has 1 rings (SSSR count). The van der Waals surface area contributed by atoms with Gasteiger partial charge in [0.2, 0.25) is 0 Å². The van der Waals surface area contributed by atoms with E-state index in [9.17, 15) is 0 Å². The fourth-order valence-corrected chi connectivity index (χ4v) is 2.40. The zero-order valence-corrected chi connectivity index (χ0v) is 13.8. The summed E-state index contributed by atoms with van der Waals surface area (Å²) in [4.78, 5) is 2.14. The predicted octanol–water partition coefficient (Wildman–Crippen LogP) is 4.76. The quantitative estimate of drug-likeness (QED) is 0.620. The molecule has 1 N–H and O–H groups in total. The minimum absolute atomic E-state index is 0.446. The molecule has 2 heteroatoms. The lowest BCUT2D eigenvalue weighted by atomic mass is 10.1. The summed E-state index contributed by atoms with van der Waals surface area (Å²) in [5, 5.41) is 3.62. The van der Waals surface area contributed by atoms with Crippen molar-refractivity contribution in [2.45, 2.75) is 58.4 Å². The van der Waals surface area contributed by atoms with Crippen molar-refractivity contribution < 1.29 is 0 Å². The van der Waals surface area contributed by atoms with Gasteiger partial charge in [0.25, 0.3) is 0 Å². The number of hydrogen-bond acceptors (Lipinski definition) is 2. The lowest BCUT2D eigenvalue weighted by Gasteiger charge is -2.17. The maximum atomic E-state index is 3.62. The molecule has 0 aliphatic heterocycles. The Labute approximate surface area is 125 Å². The number of benzene rings is 1. The summed E-state index contributed by atoms with van der Waals surface area (Å²) in [5.41, 5.74) is 2.64. The maximum absolute atomic E-state index is 3.62. The van der Waals surface area contributed by atoms with Crippen LogP contribution in [-0.2, 0) is 0 Å². The number of unbranched alkanes of at least 4 members (excludes halogenated alkanes) is 5. The van der Waals surface area contributed by atoms with Gasteiger partial charge in [-0.1, -0.05) is 51.2 Å². The summed E-state index contributed by atoms with van der Waals surface area (Å²) in [6, 6.07) is 9.29. The Bertz CT molecular complexity index is 343. The van der Waals surface area contributed by atoms with Crippen LogP contribution in [0.25, 0.3) is 0 Å². The predicted molar refractivity (Wildman–Crippen MR) is 90.6 cm³/mol. The first-order valence-corrected chi connectivity index (χ1v) is 8.15. The smallest absolute Gasteiger partial charge is 0.0361 e. The van der Waals surface area contributed by atoms with E-state index in [0.29, 0.717) is 6.04 Å². The van der Waals surface area contributed by atoms with Gasteiger partial charge in [-0.15, -0.1) is 0 Å². The van der Waals surface area contributed by atoms with Crippen LogP contribution in [0.4, 0.5) is 5.69 Å². The Morgan fingerprint density at radius 2 is 1.55 bits per heavy atom. The number of nitrogens with zero attached hydrogens (tertiary/aromatic N) is 1. The second-order valence-electron chi connectivity index (χ2n) is 5.93. The summed E-state index contributed by atoms with van der Waals surface area (Å²) >= 11 is 0. The highest BCUT2D eigenvalue weighted by atomic mass is 15.1. The van der Waals surface area contributed by atoms with Crippen molar-refractivity contribution in [2.75, 3.05) is 25.5 Å². The summed E-state index contributed by atoms with van der Waals surface area (Å²) in [6.45, 7) is 5.65. The third kappa shape index (κ3) is 6.42. The Balaban J connectivity index is 2.20. The molecule has 0 fully saturated rings. The zero-order valence-electron chi connectivity index (χ0n) is 13.8. The average Bonchev–Trinajstić information content (AvgIpc) is 2.46. The summed E-state index contributed by atoms with van der Waals surface area (Å²) in [7, 11) is 4.16. The summed E-state index contributed by atoms with van der Waals surface area (Å²) < 4.78 is 0. The molecule has 0 aliphatic carbocycles. The molecule has 0 saturated heterocycles. The van der Waals surface area contributed by atoms with Crippen molar-refractivity contribution in [2.24, 2.45) is 0 Å². The molecule has 1 aromatic rings. The van der Waals surface area contributed by atoms with Crippen LogP contribution in [0, 0.1) is 0 Å². The number of rotatable bonds is 10. The van der Waals surface area contributed by atoms with Gasteiger partial charge in [-0.3, -0.25) is 0 Å². The Kier molecular flexibility index (Phi) is 8.36. The highest BCUT2D eigenvalue weighted by Crippen LogP contribution is 2.17. The second-order valence-corrected chi connectivity index (χ2v) is 5.93. The number of hydrogen-bond donors (Lipinski definition) is 1. The van der Waals surface area contributed by atoms with Crippen molar-refractivity contribution in [1.82, 2.24) is 5.32 Å². The zero-order chi connectivity index (χ0) is 14.8. The molecule has 114 valence electrons. The van der Waals surface area contributed by atoms with Crippen LogP contribution in [0.15, 0.2) is 24.3 Å². The molecule has 0 amide bonds. The fourth-order valence-electron chi connectivity index (χ4n) is 2.40. The van der Waals surface area contributed by atoms with Crippen LogP contribution in [0.3, 0.4) is 0 Å². The van der Waals surface area contributed by atoms with E-state index in [4.69, 9.17) is 0 Å². The molecule has 1 aromatic carbocycles. The van der Waals surface area contributed by atoms with E-state index in [2.05, 4.69) is 62.4 Å². The third-order valence-corrected chi connectivity index (χ3v) is 3.89. The van der Waals surface area contributed by atoms with E-state index in [1.807, 2.05) is 0 Å². The van der Waals surface area contributed by atoms with Gasteiger partial charge in [-0.25, -0.2) is 0 Å². The highest BCUT2D eigenvalue weighted by Gasteiger charge is 2.04. The van der Waals surface area contributed by atoms with Gasteiger partial charge in [0.05, 0.1) is 0 Å². The molecule has 0 aliphatic rings. The molecular formula is C18H32N2. The minimum Gasteiger partial charge on any atom is -0.378 e. The van der Waals surface area contributed by atoms with Gasteiger partial charge in [-0.05, 0) is 37.6 Å². The van der Waals surface area contributed by atoms with E-state index in [0.717, 1.165) is 6.54 Å². The normalized spacial score (nSPS) is 12.4. The maximum Gasteiger partial charge on any atom is 0.0361 e. The average molecular weight is 276 g/mol. The molecule has 1 atom stereocenters. The molecule has 2 nitrogen and oxygen atoms in total. The van der Waals surface area contributed by atoms with Crippen LogP contribution >= 0.6 is 0 Å². The van der Waals surface area contributed by atoms with E-state index in [1.54, 1.807) is 0 Å². The molecule has 0 aromatic heterocycles. The fraction of sp³-hybridized carbons (Fsp3) is 0.667. The largest absolute Gasteiger partial charge is 0.378 e. The van der Waals surface area contributed by atoms with Crippen molar-refractivity contribution in [3.05, 3.63) is 29.8 Å². The van der Waals surface area contributed by atoms with Gasteiger partial charge in [0.15, 0.2) is 0 Å². The minimum atomic E-state index is 0.446. The van der Waals surface area contributed by atoms with E-state index >= 15 is 0 Å². The number of anilines is 1. The Morgan fingerprint density at radius 3 is 2.15 bits per heavy atom.